The van der Waals surface area contributed by atoms with Crippen molar-refractivity contribution in [2.75, 3.05) is 19.1 Å². The van der Waals surface area contributed by atoms with E-state index in [0.29, 0.717) is 5.88 Å². The molecule has 3 nitrogen and oxygen atoms in total. The topological polar surface area (TPSA) is 27.1 Å². The first kappa shape index (κ1) is 13.4. The highest BCUT2D eigenvalue weighted by molar-refractivity contribution is 9.10. The predicted octanol–water partition coefficient (Wildman–Crippen LogP) is 2.93. The molecule has 1 unspecified atom stereocenters. The average Bonchev–Trinajstić information content (AvgIpc) is 2.90. The van der Waals surface area contributed by atoms with Crippen molar-refractivity contribution in [3.63, 3.8) is 0 Å². The van der Waals surface area contributed by atoms with Crippen LogP contribution in [0.2, 0.25) is 0 Å². The standard InChI is InChI=1S/C12H18BrClN2O/c1-3-9-11(13)10(16(2)15-9)6-12(7-14)4-5-17-8-12/h3-8H2,1-2H3. The van der Waals surface area contributed by atoms with Gasteiger partial charge in [0.2, 0.25) is 0 Å². The van der Waals surface area contributed by atoms with Gasteiger partial charge < -0.3 is 4.74 Å². The van der Waals surface area contributed by atoms with Crippen LogP contribution in [0.1, 0.15) is 24.7 Å². The van der Waals surface area contributed by atoms with Gasteiger partial charge in [0.25, 0.3) is 0 Å². The fraction of sp³-hybridized carbons (Fsp3) is 0.750. The van der Waals surface area contributed by atoms with Crippen LogP contribution in [0.3, 0.4) is 0 Å². The molecule has 1 aliphatic heterocycles. The van der Waals surface area contributed by atoms with E-state index in [1.807, 2.05) is 11.7 Å². The summed E-state index contributed by atoms with van der Waals surface area (Å²) < 4.78 is 8.61. The molecule has 2 rings (SSSR count). The van der Waals surface area contributed by atoms with Crippen molar-refractivity contribution in [3.05, 3.63) is 15.9 Å². The second-order valence-electron chi connectivity index (χ2n) is 4.80. The molecule has 96 valence electrons. The van der Waals surface area contributed by atoms with Gasteiger partial charge in [0.15, 0.2) is 0 Å². The molecule has 0 aromatic carbocycles. The molecule has 0 radical (unpaired) electrons. The number of rotatable bonds is 4. The molecule has 17 heavy (non-hydrogen) atoms. The molecule has 0 N–H and O–H groups in total. The van der Waals surface area contributed by atoms with Crippen molar-refractivity contribution in [1.29, 1.82) is 0 Å². The van der Waals surface area contributed by atoms with Crippen LogP contribution in [0.4, 0.5) is 0 Å². The van der Waals surface area contributed by atoms with Crippen LogP contribution in [0.15, 0.2) is 4.47 Å². The Bertz CT molecular complexity index is 399. The predicted molar refractivity (Wildman–Crippen MR) is 72.6 cm³/mol. The molecule has 0 saturated carbocycles. The maximum Gasteiger partial charge on any atom is 0.0766 e. The molecule has 1 fully saturated rings. The number of halogens is 2. The molecular weight excluding hydrogens is 304 g/mol. The van der Waals surface area contributed by atoms with Crippen LogP contribution in [0.5, 0.6) is 0 Å². The lowest BCUT2D eigenvalue weighted by molar-refractivity contribution is 0.160. The minimum Gasteiger partial charge on any atom is -0.381 e. The average molecular weight is 322 g/mol. The molecule has 1 aromatic heterocycles. The lowest BCUT2D eigenvalue weighted by atomic mass is 9.84. The molecule has 1 aromatic rings. The molecule has 0 bridgehead atoms. The summed E-state index contributed by atoms with van der Waals surface area (Å²) in [6.45, 7) is 3.70. The number of nitrogens with zero attached hydrogens (tertiary/aromatic N) is 2. The minimum atomic E-state index is 0.0862. The van der Waals surface area contributed by atoms with Crippen LogP contribution < -0.4 is 0 Å². The van der Waals surface area contributed by atoms with Gasteiger partial charge in [0.05, 0.1) is 22.5 Å². The summed E-state index contributed by atoms with van der Waals surface area (Å²) in [5.41, 5.74) is 2.43. The smallest absolute Gasteiger partial charge is 0.0766 e. The van der Waals surface area contributed by atoms with E-state index in [2.05, 4.69) is 28.0 Å². The normalized spacial score (nSPS) is 24.5. The molecular formula is C12H18BrClN2O. The van der Waals surface area contributed by atoms with Gasteiger partial charge in [-0.2, -0.15) is 5.10 Å². The zero-order valence-corrected chi connectivity index (χ0v) is 12.6. The number of ether oxygens (including phenoxy) is 1. The van der Waals surface area contributed by atoms with Gasteiger partial charge in [-0.05, 0) is 35.2 Å². The SMILES string of the molecule is CCc1nn(C)c(CC2(CCl)CCOC2)c1Br. The Morgan fingerprint density at radius 2 is 2.35 bits per heavy atom. The quantitative estimate of drug-likeness (QED) is 0.797. The Morgan fingerprint density at radius 3 is 2.82 bits per heavy atom. The van der Waals surface area contributed by atoms with Gasteiger partial charge in [-0.3, -0.25) is 4.68 Å². The fourth-order valence-corrected chi connectivity index (χ4v) is 3.37. The van der Waals surface area contributed by atoms with E-state index in [9.17, 15) is 0 Å². The number of alkyl halides is 1. The van der Waals surface area contributed by atoms with Crippen molar-refractivity contribution in [2.45, 2.75) is 26.2 Å². The first-order valence-electron chi connectivity index (χ1n) is 5.96. The summed E-state index contributed by atoms with van der Waals surface area (Å²) in [5.74, 6) is 0.645. The highest BCUT2D eigenvalue weighted by Crippen LogP contribution is 2.36. The van der Waals surface area contributed by atoms with Crippen LogP contribution >= 0.6 is 27.5 Å². The Kier molecular flexibility index (Phi) is 4.16. The van der Waals surface area contributed by atoms with Gasteiger partial charge in [-0.15, -0.1) is 11.6 Å². The second kappa shape index (κ2) is 5.29. The van der Waals surface area contributed by atoms with Crippen LogP contribution in [-0.4, -0.2) is 28.9 Å². The van der Waals surface area contributed by atoms with Crippen LogP contribution in [-0.2, 0) is 24.6 Å². The Balaban J connectivity index is 2.25. The Hall–Kier alpha value is -0.0600. The molecule has 0 aliphatic carbocycles. The van der Waals surface area contributed by atoms with E-state index >= 15 is 0 Å². The molecule has 1 saturated heterocycles. The summed E-state index contributed by atoms with van der Waals surface area (Å²) in [7, 11) is 2.00. The van der Waals surface area contributed by atoms with E-state index in [1.54, 1.807) is 0 Å². The summed E-state index contributed by atoms with van der Waals surface area (Å²) in [5, 5.41) is 4.52. The Labute approximate surface area is 116 Å². The molecule has 0 spiro atoms. The highest BCUT2D eigenvalue weighted by Gasteiger charge is 2.36. The largest absolute Gasteiger partial charge is 0.381 e. The number of aromatic nitrogens is 2. The van der Waals surface area contributed by atoms with E-state index in [-0.39, 0.29) is 5.41 Å². The molecule has 5 heteroatoms. The first-order chi connectivity index (χ1) is 8.12. The summed E-state index contributed by atoms with van der Waals surface area (Å²) >= 11 is 9.79. The maximum atomic E-state index is 6.13. The number of hydrogen-bond donors (Lipinski definition) is 0. The third-order valence-electron chi connectivity index (χ3n) is 3.51. The highest BCUT2D eigenvalue weighted by atomic mass is 79.9. The van der Waals surface area contributed by atoms with Gasteiger partial charge >= 0.3 is 0 Å². The van der Waals surface area contributed by atoms with E-state index in [4.69, 9.17) is 16.3 Å². The van der Waals surface area contributed by atoms with E-state index in [0.717, 1.165) is 42.6 Å². The van der Waals surface area contributed by atoms with Crippen molar-refractivity contribution in [3.8, 4) is 0 Å². The summed E-state index contributed by atoms with van der Waals surface area (Å²) in [6.07, 6.45) is 2.91. The van der Waals surface area contributed by atoms with Crippen molar-refractivity contribution in [2.24, 2.45) is 12.5 Å². The van der Waals surface area contributed by atoms with Gasteiger partial charge in [-0.1, -0.05) is 6.92 Å². The fourth-order valence-electron chi connectivity index (χ4n) is 2.31. The van der Waals surface area contributed by atoms with Gasteiger partial charge in [-0.25, -0.2) is 0 Å². The van der Waals surface area contributed by atoms with Crippen molar-refractivity contribution >= 4 is 27.5 Å². The summed E-state index contributed by atoms with van der Waals surface area (Å²) in [4.78, 5) is 0. The van der Waals surface area contributed by atoms with E-state index in [1.165, 1.54) is 5.69 Å². The van der Waals surface area contributed by atoms with Gasteiger partial charge in [0.1, 0.15) is 0 Å². The third-order valence-corrected chi connectivity index (χ3v) is 5.00. The number of hydrogen-bond acceptors (Lipinski definition) is 2. The van der Waals surface area contributed by atoms with Gasteiger partial charge in [0, 0.05) is 24.9 Å². The summed E-state index contributed by atoms with van der Waals surface area (Å²) in [6, 6.07) is 0. The third kappa shape index (κ3) is 2.54. The number of aryl methyl sites for hydroxylation is 2. The monoisotopic (exact) mass is 320 g/mol. The maximum absolute atomic E-state index is 6.13. The first-order valence-corrected chi connectivity index (χ1v) is 7.28. The van der Waals surface area contributed by atoms with Crippen LogP contribution in [0.25, 0.3) is 0 Å². The molecule has 1 aliphatic rings. The second-order valence-corrected chi connectivity index (χ2v) is 5.86. The minimum absolute atomic E-state index is 0.0862. The molecule has 1 atom stereocenters. The zero-order chi connectivity index (χ0) is 12.5. The Morgan fingerprint density at radius 1 is 1.59 bits per heavy atom. The lowest BCUT2D eigenvalue weighted by Gasteiger charge is -2.24. The molecule has 0 amide bonds. The van der Waals surface area contributed by atoms with Crippen LogP contribution in [0, 0.1) is 5.41 Å². The zero-order valence-electron chi connectivity index (χ0n) is 10.3. The molecule has 2 heterocycles. The van der Waals surface area contributed by atoms with E-state index < -0.39 is 0 Å². The van der Waals surface area contributed by atoms with Crippen molar-refractivity contribution < 1.29 is 4.74 Å². The lowest BCUT2D eigenvalue weighted by Crippen LogP contribution is -2.27. The van der Waals surface area contributed by atoms with Crippen molar-refractivity contribution in [1.82, 2.24) is 9.78 Å².